The molecule has 0 fully saturated rings. The Labute approximate surface area is 212 Å². The maximum Gasteiger partial charge on any atom is 0.249 e. The van der Waals surface area contributed by atoms with E-state index in [1.54, 1.807) is 22.9 Å². The third-order valence-electron chi connectivity index (χ3n) is 5.64. The van der Waals surface area contributed by atoms with Crippen molar-refractivity contribution in [2.75, 3.05) is 18.1 Å². The van der Waals surface area contributed by atoms with E-state index < -0.39 is 11.6 Å². The van der Waals surface area contributed by atoms with E-state index in [1.165, 1.54) is 16.2 Å². The molecule has 0 bridgehead atoms. The third kappa shape index (κ3) is 4.90. The zero-order valence-electron chi connectivity index (χ0n) is 20.3. The molecule has 0 aliphatic carbocycles. The van der Waals surface area contributed by atoms with Crippen LogP contribution >= 0.6 is 11.3 Å². The van der Waals surface area contributed by atoms with Gasteiger partial charge < -0.3 is 14.8 Å². The standard InChI is InChI=1S/C26H27N5O4S/c1-26(2,3)27-25(33)24(17-10-13-36-16-17)31(18-8-9-21-22(14-18)35-12-11-34-21)23(32)15-30-20-7-5-4-6-19(20)28-29-30/h4-10,13-14,16,24H,11-12,15H2,1-3H3,(H,27,33)/t24-/m0/s1. The van der Waals surface area contributed by atoms with E-state index in [1.807, 2.05) is 61.9 Å². The molecule has 1 N–H and O–H groups in total. The van der Waals surface area contributed by atoms with Gasteiger partial charge in [-0.15, -0.1) is 5.10 Å². The topological polar surface area (TPSA) is 98.6 Å². The number of amides is 2. The van der Waals surface area contributed by atoms with Crippen molar-refractivity contribution >= 4 is 39.9 Å². The molecule has 0 unspecified atom stereocenters. The number of rotatable bonds is 6. The minimum absolute atomic E-state index is 0.0988. The van der Waals surface area contributed by atoms with Crippen LogP contribution in [0.15, 0.2) is 59.3 Å². The number of para-hydroxylation sites is 1. The number of hydrogen-bond acceptors (Lipinski definition) is 7. The van der Waals surface area contributed by atoms with Crippen molar-refractivity contribution in [3.8, 4) is 11.5 Å². The molecule has 0 saturated heterocycles. The minimum Gasteiger partial charge on any atom is -0.486 e. The number of nitrogens with one attached hydrogen (secondary N) is 1. The van der Waals surface area contributed by atoms with Crippen molar-refractivity contribution in [2.45, 2.75) is 38.9 Å². The highest BCUT2D eigenvalue weighted by Crippen LogP contribution is 2.37. The van der Waals surface area contributed by atoms with E-state index in [2.05, 4.69) is 15.6 Å². The summed E-state index contributed by atoms with van der Waals surface area (Å²) in [5.74, 6) is 0.532. The zero-order valence-corrected chi connectivity index (χ0v) is 21.1. The van der Waals surface area contributed by atoms with Gasteiger partial charge in [-0.05, 0) is 67.4 Å². The fraction of sp³-hybridized carbons (Fsp3) is 0.308. The van der Waals surface area contributed by atoms with Crippen molar-refractivity contribution in [3.05, 3.63) is 64.9 Å². The molecule has 1 atom stereocenters. The van der Waals surface area contributed by atoms with Gasteiger partial charge in [-0.25, -0.2) is 4.68 Å². The summed E-state index contributed by atoms with van der Waals surface area (Å²) in [4.78, 5) is 29.2. The normalized spacial score (nSPS) is 13.9. The SMILES string of the molecule is CC(C)(C)NC(=O)[C@H](c1ccsc1)N(C(=O)Cn1nnc2ccccc21)c1ccc2c(c1)OCCO2. The van der Waals surface area contributed by atoms with Crippen molar-refractivity contribution in [1.82, 2.24) is 20.3 Å². The van der Waals surface area contributed by atoms with Gasteiger partial charge in [0.1, 0.15) is 31.3 Å². The number of nitrogens with zero attached hydrogens (tertiary/aromatic N) is 4. The van der Waals surface area contributed by atoms with Crippen LogP contribution in [0, 0.1) is 0 Å². The lowest BCUT2D eigenvalue weighted by atomic mass is 10.0. The van der Waals surface area contributed by atoms with Crippen LogP contribution in [0.1, 0.15) is 32.4 Å². The Balaban J connectivity index is 1.59. The summed E-state index contributed by atoms with van der Waals surface area (Å²) in [6.07, 6.45) is 0. The molecule has 10 heteroatoms. The quantitative estimate of drug-likeness (QED) is 0.426. The Bertz CT molecular complexity index is 1390. The van der Waals surface area contributed by atoms with Crippen molar-refractivity contribution in [1.29, 1.82) is 0 Å². The Kier molecular flexibility index (Phi) is 6.36. The van der Waals surface area contributed by atoms with Gasteiger partial charge in [0.25, 0.3) is 0 Å². The van der Waals surface area contributed by atoms with E-state index in [0.717, 1.165) is 5.52 Å². The maximum atomic E-state index is 14.0. The monoisotopic (exact) mass is 505 g/mol. The molecule has 2 aromatic heterocycles. The van der Waals surface area contributed by atoms with Crippen LogP contribution in [0.25, 0.3) is 11.0 Å². The van der Waals surface area contributed by atoms with Gasteiger partial charge in [-0.3, -0.25) is 14.5 Å². The van der Waals surface area contributed by atoms with Crippen LogP contribution in [0.2, 0.25) is 0 Å². The fourth-order valence-electron chi connectivity index (χ4n) is 4.14. The van der Waals surface area contributed by atoms with Crippen LogP contribution in [-0.2, 0) is 16.1 Å². The molecule has 0 saturated carbocycles. The Morgan fingerprint density at radius 1 is 1.11 bits per heavy atom. The number of aromatic nitrogens is 3. The Morgan fingerprint density at radius 3 is 2.64 bits per heavy atom. The van der Waals surface area contributed by atoms with Crippen LogP contribution < -0.4 is 19.7 Å². The average molecular weight is 506 g/mol. The molecule has 3 heterocycles. The largest absolute Gasteiger partial charge is 0.486 e. The molecular formula is C26H27N5O4S. The van der Waals surface area contributed by atoms with Crippen molar-refractivity contribution in [2.24, 2.45) is 0 Å². The van der Waals surface area contributed by atoms with Gasteiger partial charge in [0, 0.05) is 17.3 Å². The number of fused-ring (bicyclic) bond motifs is 2. The first-order valence-electron chi connectivity index (χ1n) is 11.6. The average Bonchev–Trinajstić information content (AvgIpc) is 3.51. The first kappa shape index (κ1) is 23.8. The molecule has 2 amide bonds. The lowest BCUT2D eigenvalue weighted by molar-refractivity contribution is -0.128. The molecule has 0 radical (unpaired) electrons. The van der Waals surface area contributed by atoms with E-state index in [4.69, 9.17) is 9.47 Å². The number of thiophene rings is 1. The molecule has 1 aliphatic rings. The fourth-order valence-corrected chi connectivity index (χ4v) is 4.82. The predicted molar refractivity (Wildman–Crippen MR) is 137 cm³/mol. The van der Waals surface area contributed by atoms with Gasteiger partial charge >= 0.3 is 0 Å². The number of hydrogen-bond donors (Lipinski definition) is 1. The molecule has 186 valence electrons. The van der Waals surface area contributed by atoms with Crippen molar-refractivity contribution < 1.29 is 19.1 Å². The molecule has 2 aromatic carbocycles. The summed E-state index contributed by atoms with van der Waals surface area (Å²) in [6.45, 7) is 6.50. The van der Waals surface area contributed by atoms with Gasteiger partial charge in [0.15, 0.2) is 11.5 Å². The number of carbonyl (C=O) groups is 2. The Morgan fingerprint density at radius 2 is 1.89 bits per heavy atom. The number of benzene rings is 2. The lowest BCUT2D eigenvalue weighted by Crippen LogP contribution is -2.50. The smallest absolute Gasteiger partial charge is 0.249 e. The molecule has 5 rings (SSSR count). The minimum atomic E-state index is -0.902. The predicted octanol–water partition coefficient (Wildman–Crippen LogP) is 3.95. The van der Waals surface area contributed by atoms with E-state index in [9.17, 15) is 9.59 Å². The Hall–Kier alpha value is -3.92. The number of carbonyl (C=O) groups excluding carboxylic acids is 2. The summed E-state index contributed by atoms with van der Waals surface area (Å²) in [5.41, 5.74) is 2.17. The second-order valence-electron chi connectivity index (χ2n) is 9.53. The summed E-state index contributed by atoms with van der Waals surface area (Å²) < 4.78 is 13.0. The van der Waals surface area contributed by atoms with E-state index in [0.29, 0.717) is 41.5 Å². The first-order chi connectivity index (χ1) is 17.3. The van der Waals surface area contributed by atoms with Crippen molar-refractivity contribution in [3.63, 3.8) is 0 Å². The highest BCUT2D eigenvalue weighted by atomic mass is 32.1. The molecular weight excluding hydrogens is 478 g/mol. The van der Waals surface area contributed by atoms with E-state index >= 15 is 0 Å². The summed E-state index contributed by atoms with van der Waals surface area (Å²) in [6, 6.07) is 13.7. The summed E-state index contributed by atoms with van der Waals surface area (Å²) in [5, 5.41) is 15.2. The second kappa shape index (κ2) is 9.62. The zero-order chi connectivity index (χ0) is 25.3. The van der Waals surface area contributed by atoms with Crippen LogP contribution in [0.4, 0.5) is 5.69 Å². The molecule has 0 spiro atoms. The molecule has 1 aliphatic heterocycles. The summed E-state index contributed by atoms with van der Waals surface area (Å²) in [7, 11) is 0. The maximum absolute atomic E-state index is 14.0. The van der Waals surface area contributed by atoms with Gasteiger partial charge in [-0.2, -0.15) is 11.3 Å². The molecule has 4 aromatic rings. The van der Waals surface area contributed by atoms with Gasteiger partial charge in [-0.1, -0.05) is 17.3 Å². The number of ether oxygens (including phenoxy) is 2. The highest BCUT2D eigenvalue weighted by molar-refractivity contribution is 7.08. The van der Waals surface area contributed by atoms with Crippen LogP contribution in [0.3, 0.4) is 0 Å². The first-order valence-corrected chi connectivity index (χ1v) is 12.6. The molecule has 9 nitrogen and oxygen atoms in total. The summed E-state index contributed by atoms with van der Waals surface area (Å²) >= 11 is 1.47. The second-order valence-corrected chi connectivity index (χ2v) is 10.3. The van der Waals surface area contributed by atoms with Crippen LogP contribution in [-0.4, -0.2) is 45.6 Å². The molecule has 36 heavy (non-hydrogen) atoms. The van der Waals surface area contributed by atoms with Crippen LogP contribution in [0.5, 0.6) is 11.5 Å². The third-order valence-corrected chi connectivity index (χ3v) is 6.34. The lowest BCUT2D eigenvalue weighted by Gasteiger charge is -2.34. The number of anilines is 1. The van der Waals surface area contributed by atoms with E-state index in [-0.39, 0.29) is 18.4 Å². The van der Waals surface area contributed by atoms with Gasteiger partial charge in [0.05, 0.1) is 5.52 Å². The highest BCUT2D eigenvalue weighted by Gasteiger charge is 2.35. The van der Waals surface area contributed by atoms with Gasteiger partial charge in [0.2, 0.25) is 11.8 Å².